The number of rotatable bonds is 17. The van der Waals surface area contributed by atoms with Gasteiger partial charge in [0, 0.05) is 6.61 Å². The summed E-state index contributed by atoms with van der Waals surface area (Å²) in [5.41, 5.74) is 0. The molecule has 3 N–H and O–H groups in total. The summed E-state index contributed by atoms with van der Waals surface area (Å²) in [6, 6.07) is 0. The highest BCUT2D eigenvalue weighted by Gasteiger charge is 2.40. The molecule has 27 heavy (non-hydrogen) atoms. The molecular weight excluding hydrogens is 344 g/mol. The molecule has 0 aromatic rings. The van der Waals surface area contributed by atoms with E-state index in [0.29, 0.717) is 6.61 Å². The van der Waals surface area contributed by atoms with E-state index in [9.17, 15) is 10.2 Å². The summed E-state index contributed by atoms with van der Waals surface area (Å²) in [4.78, 5) is 0. The van der Waals surface area contributed by atoms with Crippen LogP contribution in [0.2, 0.25) is 0 Å². The zero-order valence-corrected chi connectivity index (χ0v) is 17.2. The van der Waals surface area contributed by atoms with Crippen molar-refractivity contribution in [3.63, 3.8) is 0 Å². The quantitative estimate of drug-likeness (QED) is 0.262. The summed E-state index contributed by atoms with van der Waals surface area (Å²) >= 11 is 0. The normalized spacial score (nSPS) is 24.1. The predicted octanol–water partition coefficient (Wildman–Crippen LogP) is 3.74. The van der Waals surface area contributed by atoms with Crippen molar-refractivity contribution in [3.05, 3.63) is 12.2 Å². The van der Waals surface area contributed by atoms with Gasteiger partial charge < -0.3 is 24.8 Å². The molecule has 1 heterocycles. The third-order valence-electron chi connectivity index (χ3n) is 5.21. The predicted molar refractivity (Wildman–Crippen MR) is 109 cm³/mol. The molecule has 1 aliphatic rings. The number of aliphatic hydroxyl groups is 3. The van der Waals surface area contributed by atoms with Crippen molar-refractivity contribution in [1.29, 1.82) is 0 Å². The van der Waals surface area contributed by atoms with Gasteiger partial charge in [0.15, 0.2) is 0 Å². The van der Waals surface area contributed by atoms with Crippen LogP contribution in [0.25, 0.3) is 0 Å². The zero-order chi connectivity index (χ0) is 19.7. The summed E-state index contributed by atoms with van der Waals surface area (Å²) in [6.45, 7) is 2.51. The molecule has 0 aromatic carbocycles. The van der Waals surface area contributed by atoms with Crippen LogP contribution in [-0.4, -0.2) is 59.6 Å². The van der Waals surface area contributed by atoms with Crippen LogP contribution in [0.4, 0.5) is 0 Å². The Balaban J connectivity index is 1.88. The van der Waals surface area contributed by atoms with Crippen LogP contribution in [-0.2, 0) is 9.47 Å². The lowest BCUT2D eigenvalue weighted by atomic mass is 10.1. The fraction of sp³-hybridized carbons (Fsp3) is 0.909. The minimum absolute atomic E-state index is 0.155. The standard InChI is InChI=1S/C22H42O5/c1-2-3-4-5-6-7-8-9-10-11-12-13-14-15-16-26-22-20(25)18-27-21(22)19(24)17-23/h3-4,19-25H,2,5-18H2,1H3/b4-3+/t19-,20+,21+,22+/m0/s1. The largest absolute Gasteiger partial charge is 0.394 e. The maximum absolute atomic E-state index is 9.87. The summed E-state index contributed by atoms with van der Waals surface area (Å²) in [7, 11) is 0. The van der Waals surface area contributed by atoms with Crippen LogP contribution in [0, 0.1) is 0 Å². The highest BCUT2D eigenvalue weighted by molar-refractivity contribution is 4.89. The summed E-state index contributed by atoms with van der Waals surface area (Å²) in [5, 5.41) is 28.6. The second-order valence-corrected chi connectivity index (χ2v) is 7.65. The van der Waals surface area contributed by atoms with Gasteiger partial charge in [0.2, 0.25) is 0 Å². The molecule has 0 saturated carbocycles. The Labute approximate surface area is 165 Å². The summed E-state index contributed by atoms with van der Waals surface area (Å²) < 4.78 is 11.0. The Morgan fingerprint density at radius 3 is 2.15 bits per heavy atom. The Morgan fingerprint density at radius 2 is 1.56 bits per heavy atom. The van der Waals surface area contributed by atoms with Gasteiger partial charge in [-0.1, -0.05) is 70.4 Å². The SMILES string of the molecule is CC/C=C/CCCCCCCCCCCCO[C@H]1[C@@H]([C@@H](O)CO)OC[C@H]1O. The second-order valence-electron chi connectivity index (χ2n) is 7.65. The molecule has 1 rings (SSSR count). The van der Waals surface area contributed by atoms with E-state index in [4.69, 9.17) is 14.6 Å². The van der Waals surface area contributed by atoms with E-state index in [-0.39, 0.29) is 13.2 Å². The van der Waals surface area contributed by atoms with Gasteiger partial charge in [0.25, 0.3) is 0 Å². The molecule has 1 saturated heterocycles. The maximum Gasteiger partial charge on any atom is 0.114 e. The van der Waals surface area contributed by atoms with Gasteiger partial charge in [-0.05, 0) is 25.7 Å². The van der Waals surface area contributed by atoms with E-state index in [1.807, 2.05) is 0 Å². The molecule has 0 spiro atoms. The van der Waals surface area contributed by atoms with Crippen LogP contribution < -0.4 is 0 Å². The number of unbranched alkanes of at least 4 members (excludes halogenated alkanes) is 10. The lowest BCUT2D eigenvalue weighted by Gasteiger charge is -2.23. The van der Waals surface area contributed by atoms with E-state index in [1.165, 1.54) is 57.8 Å². The molecule has 0 aliphatic carbocycles. The molecule has 4 atom stereocenters. The first-order valence-electron chi connectivity index (χ1n) is 11.1. The molecule has 1 aliphatic heterocycles. The Morgan fingerprint density at radius 1 is 0.963 bits per heavy atom. The van der Waals surface area contributed by atoms with Crippen molar-refractivity contribution in [2.45, 2.75) is 108 Å². The van der Waals surface area contributed by atoms with Crippen LogP contribution in [0.5, 0.6) is 0 Å². The maximum atomic E-state index is 9.87. The van der Waals surface area contributed by atoms with Crippen molar-refractivity contribution in [3.8, 4) is 0 Å². The molecule has 0 amide bonds. The molecule has 0 bridgehead atoms. The van der Waals surface area contributed by atoms with Gasteiger partial charge in [0.05, 0.1) is 13.2 Å². The molecular formula is C22H42O5. The smallest absolute Gasteiger partial charge is 0.114 e. The van der Waals surface area contributed by atoms with Crippen LogP contribution in [0.15, 0.2) is 12.2 Å². The minimum atomic E-state index is -1.00. The van der Waals surface area contributed by atoms with E-state index in [2.05, 4.69) is 19.1 Å². The Hall–Kier alpha value is -0.460. The van der Waals surface area contributed by atoms with Gasteiger partial charge in [-0.3, -0.25) is 0 Å². The highest BCUT2D eigenvalue weighted by Crippen LogP contribution is 2.21. The van der Waals surface area contributed by atoms with Gasteiger partial charge in [-0.25, -0.2) is 0 Å². The number of ether oxygens (including phenoxy) is 2. The molecule has 0 radical (unpaired) electrons. The number of hydrogen-bond acceptors (Lipinski definition) is 5. The summed E-state index contributed by atoms with van der Waals surface area (Å²) in [5.74, 6) is 0. The van der Waals surface area contributed by atoms with Crippen molar-refractivity contribution >= 4 is 0 Å². The van der Waals surface area contributed by atoms with Gasteiger partial charge >= 0.3 is 0 Å². The topological polar surface area (TPSA) is 79.2 Å². The Bertz CT molecular complexity index is 361. The second kappa shape index (κ2) is 16.5. The van der Waals surface area contributed by atoms with Crippen LogP contribution in [0.3, 0.4) is 0 Å². The summed E-state index contributed by atoms with van der Waals surface area (Å²) in [6.07, 6.45) is 16.7. The molecule has 1 fully saturated rings. The third kappa shape index (κ3) is 11.2. The first-order valence-corrected chi connectivity index (χ1v) is 11.1. The van der Waals surface area contributed by atoms with Crippen molar-refractivity contribution in [1.82, 2.24) is 0 Å². The van der Waals surface area contributed by atoms with E-state index < -0.39 is 24.4 Å². The highest BCUT2D eigenvalue weighted by atomic mass is 16.6. The van der Waals surface area contributed by atoms with Crippen LogP contribution >= 0.6 is 0 Å². The van der Waals surface area contributed by atoms with Gasteiger partial charge in [-0.15, -0.1) is 0 Å². The van der Waals surface area contributed by atoms with E-state index in [1.54, 1.807) is 0 Å². The van der Waals surface area contributed by atoms with E-state index in [0.717, 1.165) is 19.3 Å². The lowest BCUT2D eigenvalue weighted by Crippen LogP contribution is -2.42. The number of hydrogen-bond donors (Lipinski definition) is 3. The van der Waals surface area contributed by atoms with Crippen molar-refractivity contribution in [2.75, 3.05) is 19.8 Å². The van der Waals surface area contributed by atoms with Crippen LogP contribution in [0.1, 0.15) is 84.0 Å². The molecule has 5 heteroatoms. The average molecular weight is 387 g/mol. The first kappa shape index (κ1) is 24.6. The van der Waals surface area contributed by atoms with Gasteiger partial charge in [0.1, 0.15) is 24.4 Å². The third-order valence-corrected chi connectivity index (χ3v) is 5.21. The zero-order valence-electron chi connectivity index (χ0n) is 17.2. The lowest BCUT2D eigenvalue weighted by molar-refractivity contribution is -0.0938. The fourth-order valence-corrected chi connectivity index (χ4v) is 3.54. The van der Waals surface area contributed by atoms with Crippen molar-refractivity contribution < 1.29 is 24.8 Å². The number of aliphatic hydroxyl groups excluding tert-OH is 3. The average Bonchev–Trinajstić information content (AvgIpc) is 3.04. The fourth-order valence-electron chi connectivity index (χ4n) is 3.54. The molecule has 5 nitrogen and oxygen atoms in total. The molecule has 160 valence electrons. The minimum Gasteiger partial charge on any atom is -0.394 e. The van der Waals surface area contributed by atoms with E-state index >= 15 is 0 Å². The Kier molecular flexibility index (Phi) is 15.0. The number of allylic oxidation sites excluding steroid dienone is 2. The molecule has 0 unspecified atom stereocenters. The van der Waals surface area contributed by atoms with Gasteiger partial charge in [-0.2, -0.15) is 0 Å². The monoisotopic (exact) mass is 386 g/mol. The molecule has 0 aromatic heterocycles. The van der Waals surface area contributed by atoms with Crippen molar-refractivity contribution in [2.24, 2.45) is 0 Å². The first-order chi connectivity index (χ1) is 13.2.